The molecule has 2 aliphatic rings. The molecule has 0 aliphatic heterocycles. The van der Waals surface area contributed by atoms with Gasteiger partial charge < -0.3 is 9.47 Å². The molecule has 2 fully saturated rings. The minimum Gasteiger partial charge on any atom is -0.494 e. The molecule has 2 aromatic rings. The summed E-state index contributed by atoms with van der Waals surface area (Å²) >= 11 is 0. The maximum absolute atomic E-state index is 6.07. The van der Waals surface area contributed by atoms with Gasteiger partial charge in [-0.3, -0.25) is 0 Å². The summed E-state index contributed by atoms with van der Waals surface area (Å²) in [6.07, 6.45) is 19.2. The van der Waals surface area contributed by atoms with Gasteiger partial charge >= 0.3 is 0 Å². The molecule has 2 saturated carbocycles. The van der Waals surface area contributed by atoms with E-state index in [1.54, 1.807) is 0 Å². The van der Waals surface area contributed by atoms with Crippen LogP contribution in [0.4, 0.5) is 0 Å². The fourth-order valence-electron chi connectivity index (χ4n) is 6.96. The zero-order chi connectivity index (χ0) is 25.0. The molecule has 0 amide bonds. The van der Waals surface area contributed by atoms with Crippen LogP contribution >= 0.6 is 0 Å². The highest BCUT2D eigenvalue weighted by Gasteiger charge is 2.23. The van der Waals surface area contributed by atoms with Crippen LogP contribution in [0, 0.1) is 23.7 Å². The van der Waals surface area contributed by atoms with Crippen LogP contribution in [0.25, 0.3) is 11.1 Å². The SMILES string of the molecule is CCC1CCCCC1CCCOc1ccc(-c2ccc(OCCCC3CCCCC3CC)cc2)cc1. The summed E-state index contributed by atoms with van der Waals surface area (Å²) in [7, 11) is 0. The largest absolute Gasteiger partial charge is 0.494 e. The molecule has 0 N–H and O–H groups in total. The van der Waals surface area contributed by atoms with Crippen LogP contribution in [-0.4, -0.2) is 13.2 Å². The molecule has 2 heteroatoms. The molecule has 2 nitrogen and oxygen atoms in total. The summed E-state index contributed by atoms with van der Waals surface area (Å²) < 4.78 is 12.1. The first-order valence-corrected chi connectivity index (χ1v) is 15.2. The zero-order valence-corrected chi connectivity index (χ0v) is 23.1. The first kappa shape index (κ1) is 27.1. The summed E-state index contributed by atoms with van der Waals surface area (Å²) in [6, 6.07) is 17.2. The fourth-order valence-corrected chi connectivity index (χ4v) is 6.96. The molecule has 2 aliphatic carbocycles. The van der Waals surface area contributed by atoms with Crippen molar-refractivity contribution < 1.29 is 9.47 Å². The summed E-state index contributed by atoms with van der Waals surface area (Å²) in [5, 5.41) is 0. The molecular formula is C34H50O2. The average molecular weight is 491 g/mol. The fraction of sp³-hybridized carbons (Fsp3) is 0.647. The standard InChI is InChI=1S/C34H50O2/c1-3-27-11-5-7-13-29(27)15-9-25-35-33-21-17-31(18-22-33)32-19-23-34(24-20-32)36-26-10-16-30-14-8-6-12-28(30)4-2/h17-24,27-30H,3-16,25-26H2,1-2H3. The van der Waals surface area contributed by atoms with Gasteiger partial charge in [-0.25, -0.2) is 0 Å². The van der Waals surface area contributed by atoms with Crippen molar-refractivity contribution in [3.05, 3.63) is 48.5 Å². The number of hydrogen-bond acceptors (Lipinski definition) is 2. The molecule has 36 heavy (non-hydrogen) atoms. The van der Waals surface area contributed by atoms with Gasteiger partial charge in [0.05, 0.1) is 13.2 Å². The highest BCUT2D eigenvalue weighted by atomic mass is 16.5. The predicted molar refractivity (Wildman–Crippen MR) is 153 cm³/mol. The van der Waals surface area contributed by atoms with E-state index in [0.717, 1.165) is 48.4 Å². The van der Waals surface area contributed by atoms with Gasteiger partial charge in [0, 0.05) is 0 Å². The van der Waals surface area contributed by atoms with Gasteiger partial charge in [0.25, 0.3) is 0 Å². The van der Waals surface area contributed by atoms with Gasteiger partial charge in [0.1, 0.15) is 11.5 Å². The van der Waals surface area contributed by atoms with Crippen molar-refractivity contribution in [1.29, 1.82) is 0 Å². The summed E-state index contributed by atoms with van der Waals surface area (Å²) in [5.41, 5.74) is 2.45. The lowest BCUT2D eigenvalue weighted by Crippen LogP contribution is -2.19. The van der Waals surface area contributed by atoms with Crippen LogP contribution in [0.3, 0.4) is 0 Å². The molecule has 0 bridgehead atoms. The van der Waals surface area contributed by atoms with Crippen molar-refractivity contribution in [2.24, 2.45) is 23.7 Å². The van der Waals surface area contributed by atoms with Gasteiger partial charge in [-0.05, 0) is 84.7 Å². The molecule has 2 aromatic carbocycles. The topological polar surface area (TPSA) is 18.5 Å². The molecular weight excluding hydrogens is 440 g/mol. The van der Waals surface area contributed by atoms with Gasteiger partial charge in [-0.2, -0.15) is 0 Å². The normalized spacial score (nSPS) is 24.4. The molecule has 0 spiro atoms. The van der Waals surface area contributed by atoms with Crippen LogP contribution in [0.1, 0.15) is 104 Å². The Morgan fingerprint density at radius 2 is 0.889 bits per heavy atom. The highest BCUT2D eigenvalue weighted by molar-refractivity contribution is 5.64. The van der Waals surface area contributed by atoms with Gasteiger partial charge in [-0.15, -0.1) is 0 Å². The maximum atomic E-state index is 6.07. The Hall–Kier alpha value is -1.96. The van der Waals surface area contributed by atoms with E-state index in [4.69, 9.17) is 9.47 Å². The van der Waals surface area contributed by atoms with Crippen LogP contribution in [0.15, 0.2) is 48.5 Å². The Morgan fingerprint density at radius 3 is 1.25 bits per heavy atom. The second-order valence-electron chi connectivity index (χ2n) is 11.5. The molecule has 0 saturated heterocycles. The second kappa shape index (κ2) is 14.7. The van der Waals surface area contributed by atoms with Crippen molar-refractivity contribution in [1.82, 2.24) is 0 Å². The summed E-state index contributed by atoms with van der Waals surface area (Å²) in [6.45, 7) is 6.39. The third-order valence-corrected chi connectivity index (χ3v) is 9.20. The van der Waals surface area contributed by atoms with Crippen molar-refractivity contribution in [2.75, 3.05) is 13.2 Å². The Labute approximate surface area is 221 Å². The Kier molecular flexibility index (Phi) is 11.1. The minimum absolute atomic E-state index is 0.832. The van der Waals surface area contributed by atoms with E-state index in [1.165, 1.54) is 101 Å². The zero-order valence-electron chi connectivity index (χ0n) is 23.1. The number of hydrogen-bond donors (Lipinski definition) is 0. The van der Waals surface area contributed by atoms with Crippen LogP contribution < -0.4 is 9.47 Å². The predicted octanol–water partition coefficient (Wildman–Crippen LogP) is 10.1. The highest BCUT2D eigenvalue weighted by Crippen LogP contribution is 2.36. The first-order chi connectivity index (χ1) is 17.8. The van der Waals surface area contributed by atoms with Crippen LogP contribution in [-0.2, 0) is 0 Å². The lowest BCUT2D eigenvalue weighted by molar-refractivity contribution is 0.199. The summed E-state index contributed by atoms with van der Waals surface area (Å²) in [4.78, 5) is 0. The number of rotatable bonds is 13. The monoisotopic (exact) mass is 490 g/mol. The Balaban J connectivity index is 1.15. The van der Waals surface area contributed by atoms with E-state index < -0.39 is 0 Å². The number of ether oxygens (including phenoxy) is 2. The molecule has 4 rings (SSSR count). The lowest BCUT2D eigenvalue weighted by atomic mass is 9.76. The quantitative estimate of drug-likeness (QED) is 0.260. The average Bonchev–Trinajstić information content (AvgIpc) is 2.94. The molecule has 198 valence electrons. The van der Waals surface area contributed by atoms with Crippen molar-refractivity contribution >= 4 is 0 Å². The van der Waals surface area contributed by atoms with Gasteiger partial charge in [0.15, 0.2) is 0 Å². The molecule has 0 aromatic heterocycles. The van der Waals surface area contributed by atoms with E-state index in [9.17, 15) is 0 Å². The minimum atomic E-state index is 0.832. The summed E-state index contributed by atoms with van der Waals surface area (Å²) in [5.74, 6) is 5.71. The van der Waals surface area contributed by atoms with Gasteiger partial charge in [0.2, 0.25) is 0 Å². The van der Waals surface area contributed by atoms with E-state index in [-0.39, 0.29) is 0 Å². The van der Waals surface area contributed by atoms with E-state index in [0.29, 0.717) is 0 Å². The lowest BCUT2D eigenvalue weighted by Gasteiger charge is -2.30. The van der Waals surface area contributed by atoms with E-state index in [1.807, 2.05) is 0 Å². The molecule has 0 radical (unpaired) electrons. The van der Waals surface area contributed by atoms with Crippen molar-refractivity contribution in [3.63, 3.8) is 0 Å². The van der Waals surface area contributed by atoms with Crippen molar-refractivity contribution in [3.8, 4) is 22.6 Å². The second-order valence-corrected chi connectivity index (χ2v) is 11.5. The first-order valence-electron chi connectivity index (χ1n) is 15.2. The van der Waals surface area contributed by atoms with Gasteiger partial charge in [-0.1, -0.05) is 102 Å². The maximum Gasteiger partial charge on any atom is 0.119 e. The Morgan fingerprint density at radius 1 is 0.528 bits per heavy atom. The Bertz CT molecular complexity index is 782. The van der Waals surface area contributed by atoms with Crippen molar-refractivity contribution in [2.45, 2.75) is 104 Å². The molecule has 0 heterocycles. The van der Waals surface area contributed by atoms with E-state index in [2.05, 4.69) is 62.4 Å². The number of benzene rings is 2. The van der Waals surface area contributed by atoms with E-state index >= 15 is 0 Å². The third-order valence-electron chi connectivity index (χ3n) is 9.20. The molecule has 4 unspecified atom stereocenters. The molecule has 4 atom stereocenters. The van der Waals surface area contributed by atoms with Crippen LogP contribution in [0.2, 0.25) is 0 Å². The smallest absolute Gasteiger partial charge is 0.119 e. The van der Waals surface area contributed by atoms with Crippen LogP contribution in [0.5, 0.6) is 11.5 Å². The third kappa shape index (κ3) is 8.02.